The van der Waals surface area contributed by atoms with Crippen molar-refractivity contribution < 1.29 is 19.1 Å². The van der Waals surface area contributed by atoms with E-state index >= 15 is 0 Å². The summed E-state index contributed by atoms with van der Waals surface area (Å²) in [5.41, 5.74) is 3.78. The van der Waals surface area contributed by atoms with E-state index in [9.17, 15) is 9.59 Å². The van der Waals surface area contributed by atoms with E-state index in [0.29, 0.717) is 22.6 Å². The lowest BCUT2D eigenvalue weighted by molar-refractivity contribution is -0.113. The first-order valence-corrected chi connectivity index (χ1v) is 9.57. The number of tetrazole rings is 1. The molecule has 2 aromatic rings. The number of H-pyrrole nitrogens is 1. The van der Waals surface area contributed by atoms with Gasteiger partial charge in [0.05, 0.1) is 19.9 Å². The molecule has 2 N–H and O–H groups in total. The van der Waals surface area contributed by atoms with Crippen LogP contribution < -0.4 is 14.8 Å². The number of aromatic amines is 1. The summed E-state index contributed by atoms with van der Waals surface area (Å²) in [6.45, 7) is 2.08. The minimum absolute atomic E-state index is 0.0798. The number of carbonyl (C=O) groups excluding carboxylic acids is 2. The molecule has 0 saturated heterocycles. The Hall–Kier alpha value is -3.69. The Morgan fingerprint density at radius 3 is 2.73 bits per heavy atom. The van der Waals surface area contributed by atoms with Crippen molar-refractivity contribution >= 4 is 23.8 Å². The minimum Gasteiger partial charge on any atom is -0.493 e. The van der Waals surface area contributed by atoms with Gasteiger partial charge in [0.15, 0.2) is 11.5 Å². The van der Waals surface area contributed by atoms with Crippen LogP contribution in [0.1, 0.15) is 30.9 Å². The van der Waals surface area contributed by atoms with Gasteiger partial charge in [0.25, 0.3) is 11.9 Å². The van der Waals surface area contributed by atoms with E-state index in [-0.39, 0.29) is 24.3 Å². The zero-order chi connectivity index (χ0) is 21.3. The summed E-state index contributed by atoms with van der Waals surface area (Å²) in [4.78, 5) is 26.8. The highest BCUT2D eigenvalue weighted by Gasteiger charge is 2.35. The smallest absolute Gasteiger partial charge is 0.270 e. The molecule has 3 heterocycles. The minimum atomic E-state index is -0.372. The van der Waals surface area contributed by atoms with Gasteiger partial charge in [0.1, 0.15) is 6.29 Å². The van der Waals surface area contributed by atoms with E-state index in [1.165, 1.54) is 0 Å². The fraction of sp³-hybridized carbons (Fsp3) is 0.350. The fourth-order valence-electron chi connectivity index (χ4n) is 3.97. The normalized spacial score (nSPS) is 17.6. The first-order chi connectivity index (χ1) is 14.6. The monoisotopic (exact) mass is 410 g/mol. The first kappa shape index (κ1) is 19.6. The molecule has 4 rings (SSSR count). The molecule has 1 atom stereocenters. The predicted molar refractivity (Wildman–Crippen MR) is 108 cm³/mol. The molecule has 0 radical (unpaired) electrons. The average Bonchev–Trinajstić information content (AvgIpc) is 3.29. The second-order valence-corrected chi connectivity index (χ2v) is 7.05. The van der Waals surface area contributed by atoms with Crippen molar-refractivity contribution in [1.82, 2.24) is 25.5 Å². The Bertz CT molecular complexity index is 1040. The van der Waals surface area contributed by atoms with Crippen molar-refractivity contribution in [3.05, 3.63) is 40.6 Å². The van der Waals surface area contributed by atoms with Crippen molar-refractivity contribution in [1.29, 1.82) is 0 Å². The fourth-order valence-corrected chi connectivity index (χ4v) is 3.97. The van der Waals surface area contributed by atoms with Crippen LogP contribution >= 0.6 is 0 Å². The molecule has 10 heteroatoms. The maximum Gasteiger partial charge on any atom is 0.270 e. The number of hydrogen-bond acceptors (Lipinski definition) is 8. The zero-order valence-corrected chi connectivity index (χ0v) is 16.9. The van der Waals surface area contributed by atoms with Gasteiger partial charge >= 0.3 is 0 Å². The molecule has 1 amide bonds. The highest BCUT2D eigenvalue weighted by Crippen LogP contribution is 2.44. The molecule has 0 fully saturated rings. The number of benzene rings is 1. The van der Waals surface area contributed by atoms with Crippen LogP contribution in [0.15, 0.2) is 29.5 Å². The molecule has 30 heavy (non-hydrogen) atoms. The summed E-state index contributed by atoms with van der Waals surface area (Å²) in [6, 6.07) is 3.95. The summed E-state index contributed by atoms with van der Waals surface area (Å²) in [5.74, 6) is 0.951. The zero-order valence-electron chi connectivity index (χ0n) is 16.9. The standard InChI is InChI=1S/C20H22N6O4/c1-4-14-6-11-7-16(29-2)17(30-3)8-15(11)18-13(10-27)5-12(9-26(14)18)19(28)21-20-22-24-25-23-20/h7-10,14H,4-6H2,1-3H3,(H2,21,22,23,24,25,28)/t14-/m1/s1. The van der Waals surface area contributed by atoms with Gasteiger partial charge in [0, 0.05) is 35.4 Å². The predicted octanol–water partition coefficient (Wildman–Crippen LogP) is 1.69. The molecule has 0 unspecified atom stereocenters. The number of rotatable bonds is 6. The summed E-state index contributed by atoms with van der Waals surface area (Å²) >= 11 is 0. The molecule has 2 aliphatic rings. The topological polar surface area (TPSA) is 122 Å². The quantitative estimate of drug-likeness (QED) is 0.690. The number of aldehydes is 1. The van der Waals surface area contributed by atoms with Gasteiger partial charge in [-0.3, -0.25) is 14.9 Å². The molecule has 156 valence electrons. The molecule has 0 saturated carbocycles. The Kier molecular flexibility index (Phi) is 5.21. The number of amides is 1. The van der Waals surface area contributed by atoms with Crippen molar-refractivity contribution in [2.24, 2.45) is 0 Å². The van der Waals surface area contributed by atoms with Crippen LogP contribution in [0.3, 0.4) is 0 Å². The Balaban J connectivity index is 1.77. The molecular formula is C20H22N6O4. The molecule has 1 aromatic heterocycles. The molecule has 0 spiro atoms. The number of nitrogens with one attached hydrogen (secondary N) is 2. The van der Waals surface area contributed by atoms with Crippen LogP contribution in [0.5, 0.6) is 11.5 Å². The summed E-state index contributed by atoms with van der Waals surface area (Å²) in [7, 11) is 3.18. The van der Waals surface area contributed by atoms with Crippen LogP contribution in [0.4, 0.5) is 5.95 Å². The van der Waals surface area contributed by atoms with Gasteiger partial charge in [-0.2, -0.15) is 5.21 Å². The number of aromatic nitrogens is 4. The average molecular weight is 410 g/mol. The summed E-state index contributed by atoms with van der Waals surface area (Å²) < 4.78 is 10.9. The largest absolute Gasteiger partial charge is 0.493 e. The third-order valence-electron chi connectivity index (χ3n) is 5.43. The van der Waals surface area contributed by atoms with Crippen LogP contribution in [-0.4, -0.2) is 58.0 Å². The molecule has 2 aliphatic heterocycles. The molecule has 10 nitrogen and oxygen atoms in total. The maximum atomic E-state index is 12.7. The van der Waals surface area contributed by atoms with Crippen molar-refractivity contribution in [3.63, 3.8) is 0 Å². The first-order valence-electron chi connectivity index (χ1n) is 9.57. The number of carbonyl (C=O) groups is 2. The van der Waals surface area contributed by atoms with Crippen LogP contribution in [0, 0.1) is 0 Å². The molecular weight excluding hydrogens is 388 g/mol. The summed E-state index contributed by atoms with van der Waals surface area (Å²) in [6.07, 6.45) is 4.40. The number of anilines is 1. The maximum absolute atomic E-state index is 12.7. The van der Waals surface area contributed by atoms with Gasteiger partial charge in [-0.1, -0.05) is 12.0 Å². The summed E-state index contributed by atoms with van der Waals surface area (Å²) in [5, 5.41) is 15.8. The van der Waals surface area contributed by atoms with E-state index in [2.05, 4.69) is 32.9 Å². The second-order valence-electron chi connectivity index (χ2n) is 7.05. The Morgan fingerprint density at radius 2 is 2.10 bits per heavy atom. The van der Waals surface area contributed by atoms with E-state index in [1.807, 2.05) is 23.2 Å². The van der Waals surface area contributed by atoms with Gasteiger partial charge in [-0.05, 0) is 35.8 Å². The highest BCUT2D eigenvalue weighted by atomic mass is 16.5. The molecule has 1 aromatic carbocycles. The van der Waals surface area contributed by atoms with E-state index in [1.54, 1.807) is 14.2 Å². The van der Waals surface area contributed by atoms with Gasteiger partial charge in [0.2, 0.25) is 0 Å². The lowest BCUT2D eigenvalue weighted by Crippen LogP contribution is -2.39. The van der Waals surface area contributed by atoms with Crippen LogP contribution in [0.2, 0.25) is 0 Å². The van der Waals surface area contributed by atoms with Gasteiger partial charge < -0.3 is 14.4 Å². The molecule has 0 bridgehead atoms. The van der Waals surface area contributed by atoms with Crippen molar-refractivity contribution in [3.8, 4) is 11.5 Å². The number of fused-ring (bicyclic) bond motifs is 3. The van der Waals surface area contributed by atoms with Crippen LogP contribution in [0.25, 0.3) is 5.70 Å². The SMILES string of the molecule is CC[C@@H]1Cc2cc(OC)c(OC)cc2C2=C(C=O)CC(C(=O)Nc3nn[nH]n3)=CN21. The second kappa shape index (κ2) is 7.97. The van der Waals surface area contributed by atoms with Crippen molar-refractivity contribution in [2.45, 2.75) is 32.2 Å². The highest BCUT2D eigenvalue weighted by molar-refractivity contribution is 6.05. The van der Waals surface area contributed by atoms with E-state index < -0.39 is 0 Å². The van der Waals surface area contributed by atoms with E-state index in [4.69, 9.17) is 9.47 Å². The lowest BCUT2D eigenvalue weighted by atomic mass is 9.85. The number of methoxy groups -OCH3 is 2. The van der Waals surface area contributed by atoms with Gasteiger partial charge in [-0.15, -0.1) is 5.10 Å². The van der Waals surface area contributed by atoms with E-state index in [0.717, 1.165) is 36.0 Å². The van der Waals surface area contributed by atoms with Crippen LogP contribution in [-0.2, 0) is 16.0 Å². The third kappa shape index (κ3) is 3.30. The number of allylic oxidation sites excluding steroid dienone is 1. The lowest BCUT2D eigenvalue weighted by Gasteiger charge is -2.41. The molecule has 0 aliphatic carbocycles. The van der Waals surface area contributed by atoms with Crippen molar-refractivity contribution in [2.75, 3.05) is 19.5 Å². The number of ether oxygens (including phenoxy) is 2. The Morgan fingerprint density at radius 1 is 1.33 bits per heavy atom. The number of nitrogens with zero attached hydrogens (tertiary/aromatic N) is 4. The van der Waals surface area contributed by atoms with Gasteiger partial charge in [-0.25, -0.2) is 0 Å². The number of hydrogen-bond donors (Lipinski definition) is 2. The Labute approximate surface area is 172 Å². The third-order valence-corrected chi connectivity index (χ3v) is 5.43.